The average molecular weight is 548 g/mol. The Labute approximate surface area is 231 Å². The highest BCUT2D eigenvalue weighted by molar-refractivity contribution is 5.79. The maximum atomic E-state index is 13.0. The molecule has 39 heavy (non-hydrogen) atoms. The van der Waals surface area contributed by atoms with Crippen molar-refractivity contribution < 1.29 is 42.9 Å². The topological polar surface area (TPSA) is 114 Å². The zero-order chi connectivity index (χ0) is 29.1. The molecule has 0 bridgehead atoms. The monoisotopic (exact) mass is 547 g/mol. The Balaban J connectivity index is 2.14. The molecule has 216 valence electrons. The third-order valence-corrected chi connectivity index (χ3v) is 7.14. The van der Waals surface area contributed by atoms with Gasteiger partial charge in [0.25, 0.3) is 0 Å². The van der Waals surface area contributed by atoms with E-state index in [1.807, 2.05) is 37.3 Å². The zero-order valence-electron chi connectivity index (χ0n) is 23.9. The molecule has 1 fully saturated rings. The van der Waals surface area contributed by atoms with Crippen molar-refractivity contribution in [2.75, 3.05) is 26.9 Å². The third-order valence-electron chi connectivity index (χ3n) is 7.14. The lowest BCUT2D eigenvalue weighted by Crippen LogP contribution is -2.35. The third kappa shape index (κ3) is 9.79. The molecule has 0 spiro atoms. The summed E-state index contributed by atoms with van der Waals surface area (Å²) in [6.45, 7) is 11.7. The van der Waals surface area contributed by atoms with Gasteiger partial charge >= 0.3 is 24.1 Å². The second kappa shape index (κ2) is 14.8. The lowest BCUT2D eigenvalue weighted by molar-refractivity contribution is -0.158. The van der Waals surface area contributed by atoms with E-state index < -0.39 is 46.9 Å². The van der Waals surface area contributed by atoms with E-state index in [9.17, 15) is 19.2 Å². The van der Waals surface area contributed by atoms with Crippen LogP contribution in [0.5, 0.6) is 0 Å². The van der Waals surface area contributed by atoms with Crippen molar-refractivity contribution in [2.24, 2.45) is 16.7 Å². The van der Waals surface area contributed by atoms with Crippen LogP contribution < -0.4 is 0 Å². The molecule has 1 saturated heterocycles. The number of carbonyl (C=O) groups is 4. The van der Waals surface area contributed by atoms with Gasteiger partial charge < -0.3 is 23.7 Å². The Hall–Kier alpha value is -3.23. The van der Waals surface area contributed by atoms with E-state index in [1.165, 1.54) is 7.11 Å². The normalized spacial score (nSPS) is 18.2. The highest BCUT2D eigenvalue weighted by atomic mass is 16.8. The first-order valence-corrected chi connectivity index (χ1v) is 13.6. The SMILES string of the molecule is [CH2+]C(CC(C)(CC(CCC(C)(C)C(=O)OCC1COC(=O)O1)c1ccccc1)C(=O)OC)C(=O)OCCCC. The molecule has 1 aromatic carbocycles. The fraction of sp³-hybridized carbons (Fsp3) is 0.633. The summed E-state index contributed by atoms with van der Waals surface area (Å²) in [5.41, 5.74) is -0.837. The predicted molar refractivity (Wildman–Crippen MR) is 143 cm³/mol. The van der Waals surface area contributed by atoms with Gasteiger partial charge in [-0.3, -0.25) is 9.59 Å². The molecule has 4 unspecified atom stereocenters. The van der Waals surface area contributed by atoms with E-state index in [-0.39, 0.29) is 25.6 Å². The van der Waals surface area contributed by atoms with Gasteiger partial charge in [0.2, 0.25) is 0 Å². The van der Waals surface area contributed by atoms with Crippen molar-refractivity contribution >= 4 is 24.1 Å². The number of unbranched alkanes of at least 4 members (excludes halogenated alkanes) is 1. The molecule has 9 nitrogen and oxygen atoms in total. The van der Waals surface area contributed by atoms with Crippen LogP contribution in [0.3, 0.4) is 0 Å². The maximum absolute atomic E-state index is 13.0. The fourth-order valence-electron chi connectivity index (χ4n) is 4.66. The summed E-state index contributed by atoms with van der Waals surface area (Å²) in [7, 11) is 1.33. The van der Waals surface area contributed by atoms with Gasteiger partial charge in [0.05, 0.1) is 31.5 Å². The number of hydrogen-bond acceptors (Lipinski definition) is 9. The van der Waals surface area contributed by atoms with Gasteiger partial charge in [-0.05, 0) is 57.9 Å². The maximum Gasteiger partial charge on any atom is 0.508 e. The molecule has 0 aliphatic carbocycles. The molecule has 0 saturated carbocycles. The van der Waals surface area contributed by atoms with Crippen molar-refractivity contribution in [1.29, 1.82) is 0 Å². The van der Waals surface area contributed by atoms with Crippen LogP contribution in [0, 0.1) is 23.7 Å². The second-order valence-electron chi connectivity index (χ2n) is 11.1. The highest BCUT2D eigenvalue weighted by Gasteiger charge is 2.43. The molecule has 0 amide bonds. The van der Waals surface area contributed by atoms with Crippen LogP contribution in [-0.4, -0.2) is 57.1 Å². The lowest BCUT2D eigenvalue weighted by Gasteiger charge is -2.33. The van der Waals surface area contributed by atoms with E-state index in [0.29, 0.717) is 25.9 Å². The van der Waals surface area contributed by atoms with Gasteiger partial charge in [0.1, 0.15) is 13.2 Å². The van der Waals surface area contributed by atoms with E-state index in [1.54, 1.807) is 20.8 Å². The molecule has 1 aromatic rings. The number of rotatable bonds is 16. The highest BCUT2D eigenvalue weighted by Crippen LogP contribution is 2.42. The molecule has 1 aliphatic rings. The van der Waals surface area contributed by atoms with Crippen LogP contribution in [0.1, 0.15) is 77.7 Å². The standard InChI is InChI=1S/C30H43O9/c1-7-8-16-36-25(31)21(2)17-30(5,27(33)35-6)18-23(22-12-10-9-11-13-22)14-15-29(3,4)26(32)37-19-24-20-38-28(34)39-24/h9-13,21,23-24H,2,7-8,14-20H2,1,3-6H3/q+1. The summed E-state index contributed by atoms with van der Waals surface area (Å²) in [5, 5.41) is 0. The Bertz CT molecular complexity index is 958. The Morgan fingerprint density at radius 1 is 1.08 bits per heavy atom. The van der Waals surface area contributed by atoms with Crippen LogP contribution in [0.2, 0.25) is 0 Å². The summed E-state index contributed by atoms with van der Waals surface area (Å²) in [5.74, 6) is -2.12. The molecule has 4 atom stereocenters. The average Bonchev–Trinajstić information content (AvgIpc) is 3.34. The molecular weight excluding hydrogens is 504 g/mol. The number of methoxy groups -OCH3 is 1. The van der Waals surface area contributed by atoms with Crippen LogP contribution in [0.25, 0.3) is 0 Å². The molecule has 2 rings (SSSR count). The smallest absolute Gasteiger partial charge is 0.469 e. The van der Waals surface area contributed by atoms with Crippen LogP contribution in [0.4, 0.5) is 4.79 Å². The Morgan fingerprint density at radius 2 is 1.77 bits per heavy atom. The number of ether oxygens (including phenoxy) is 5. The molecular formula is C30H43O9+. The van der Waals surface area contributed by atoms with Gasteiger partial charge in [-0.1, -0.05) is 43.7 Å². The molecule has 1 heterocycles. The van der Waals surface area contributed by atoms with Crippen LogP contribution in [-0.2, 0) is 38.1 Å². The lowest BCUT2D eigenvalue weighted by atomic mass is 9.71. The number of cyclic esters (lactones) is 2. The Kier molecular flexibility index (Phi) is 12.1. The van der Waals surface area contributed by atoms with E-state index >= 15 is 0 Å². The van der Waals surface area contributed by atoms with Crippen molar-refractivity contribution in [2.45, 2.75) is 78.2 Å². The van der Waals surface area contributed by atoms with Crippen molar-refractivity contribution in [3.8, 4) is 0 Å². The van der Waals surface area contributed by atoms with Crippen molar-refractivity contribution in [3.05, 3.63) is 42.8 Å². The van der Waals surface area contributed by atoms with E-state index in [0.717, 1.165) is 18.4 Å². The first kappa shape index (κ1) is 32.0. The number of benzene rings is 1. The molecule has 0 radical (unpaired) electrons. The van der Waals surface area contributed by atoms with Gasteiger partial charge in [-0.15, -0.1) is 0 Å². The first-order valence-electron chi connectivity index (χ1n) is 13.6. The minimum atomic E-state index is -1.01. The number of carbonyl (C=O) groups excluding carboxylic acids is 4. The first-order chi connectivity index (χ1) is 18.4. The summed E-state index contributed by atoms with van der Waals surface area (Å²) >= 11 is 0. The largest absolute Gasteiger partial charge is 0.508 e. The summed E-state index contributed by atoms with van der Waals surface area (Å²) in [6.07, 6.45) is 1.88. The molecule has 9 heteroatoms. The van der Waals surface area contributed by atoms with E-state index in [4.69, 9.17) is 23.7 Å². The molecule has 0 aromatic heterocycles. The summed E-state index contributed by atoms with van der Waals surface area (Å²) < 4.78 is 25.6. The molecule has 1 aliphatic heterocycles. The van der Waals surface area contributed by atoms with Crippen LogP contribution >= 0.6 is 0 Å². The summed E-state index contributed by atoms with van der Waals surface area (Å²) in [6, 6.07) is 9.75. The van der Waals surface area contributed by atoms with Crippen LogP contribution in [0.15, 0.2) is 30.3 Å². The second-order valence-corrected chi connectivity index (χ2v) is 11.1. The summed E-state index contributed by atoms with van der Waals surface area (Å²) in [4.78, 5) is 49.6. The van der Waals surface area contributed by atoms with Gasteiger partial charge in [-0.25, -0.2) is 9.59 Å². The Morgan fingerprint density at radius 3 is 2.36 bits per heavy atom. The quantitative estimate of drug-likeness (QED) is 0.116. The van der Waals surface area contributed by atoms with Gasteiger partial charge in [0, 0.05) is 6.42 Å². The predicted octanol–water partition coefficient (Wildman–Crippen LogP) is 5.41. The fourth-order valence-corrected chi connectivity index (χ4v) is 4.66. The molecule has 0 N–H and O–H groups in total. The number of esters is 3. The zero-order valence-corrected chi connectivity index (χ0v) is 23.9. The van der Waals surface area contributed by atoms with Gasteiger partial charge in [-0.2, -0.15) is 0 Å². The minimum Gasteiger partial charge on any atom is -0.469 e. The van der Waals surface area contributed by atoms with E-state index in [2.05, 4.69) is 6.92 Å². The van der Waals surface area contributed by atoms with Crippen molar-refractivity contribution in [3.63, 3.8) is 0 Å². The number of hydrogen-bond donors (Lipinski definition) is 0. The minimum absolute atomic E-state index is 0.0498. The van der Waals surface area contributed by atoms with Crippen molar-refractivity contribution in [1.82, 2.24) is 0 Å². The van der Waals surface area contributed by atoms with Gasteiger partial charge in [0.15, 0.2) is 12.0 Å².